The lowest BCUT2D eigenvalue weighted by Crippen LogP contribution is -2.44. The van der Waals surface area contributed by atoms with Crippen LogP contribution in [0.4, 0.5) is 0 Å². The van der Waals surface area contributed by atoms with Crippen molar-refractivity contribution < 1.29 is 9.59 Å². The number of unbranched alkanes of at least 4 members (excludes halogenated alkanes) is 2. The summed E-state index contributed by atoms with van der Waals surface area (Å²) >= 11 is 0. The second-order valence-corrected chi connectivity index (χ2v) is 7.12. The lowest BCUT2D eigenvalue weighted by Gasteiger charge is -2.31. The Hall–Kier alpha value is -2.70. The second-order valence-electron chi connectivity index (χ2n) is 7.12. The van der Waals surface area contributed by atoms with Crippen molar-refractivity contribution in [3.8, 4) is 0 Å². The summed E-state index contributed by atoms with van der Waals surface area (Å²) in [6.45, 7) is 3.45. The smallest absolute Gasteiger partial charge is 0.274 e. The summed E-state index contributed by atoms with van der Waals surface area (Å²) in [7, 11) is 0. The normalized spacial score (nSPS) is 17.2. The van der Waals surface area contributed by atoms with Crippen molar-refractivity contribution in [2.75, 3.05) is 13.1 Å². The molecule has 2 heterocycles. The van der Waals surface area contributed by atoms with Crippen LogP contribution in [-0.2, 0) is 11.3 Å². The number of carbonyl (C=O) groups is 2. The van der Waals surface area contributed by atoms with Gasteiger partial charge in [0.2, 0.25) is 5.91 Å². The summed E-state index contributed by atoms with van der Waals surface area (Å²) in [5.41, 5.74) is 5.53. The molecule has 2 aromatic rings. The Morgan fingerprint density at radius 2 is 1.96 bits per heavy atom. The molecule has 1 aliphatic heterocycles. The Morgan fingerprint density at radius 3 is 2.67 bits per heavy atom. The largest absolute Gasteiger partial charge is 0.369 e. The van der Waals surface area contributed by atoms with Gasteiger partial charge in [0.1, 0.15) is 0 Å². The molecule has 0 bridgehead atoms. The van der Waals surface area contributed by atoms with Crippen LogP contribution in [-0.4, -0.2) is 39.6 Å². The predicted octanol–water partition coefficient (Wildman–Crippen LogP) is 1.92. The van der Waals surface area contributed by atoms with Crippen LogP contribution in [0.5, 0.6) is 0 Å². The van der Waals surface area contributed by atoms with Gasteiger partial charge in [-0.1, -0.05) is 38.0 Å². The molecule has 0 spiro atoms. The molecule has 2 amide bonds. The first-order valence-corrected chi connectivity index (χ1v) is 9.61. The van der Waals surface area contributed by atoms with Crippen molar-refractivity contribution in [2.24, 2.45) is 11.7 Å². The molecule has 0 radical (unpaired) electrons. The summed E-state index contributed by atoms with van der Waals surface area (Å²) in [6, 6.07) is 7.07. The molecular weight excluding hydrogens is 344 g/mol. The third-order valence-electron chi connectivity index (χ3n) is 5.15. The predicted molar refractivity (Wildman–Crippen MR) is 103 cm³/mol. The maximum atomic E-state index is 13.2. The molecule has 1 saturated heterocycles. The lowest BCUT2D eigenvalue weighted by atomic mass is 9.97. The fraction of sp³-hybridized carbons (Fsp3) is 0.500. The number of likely N-dealkylation sites (tertiary alicyclic amines) is 1. The van der Waals surface area contributed by atoms with Gasteiger partial charge in [0.05, 0.1) is 11.3 Å². The first-order chi connectivity index (χ1) is 13.0. The van der Waals surface area contributed by atoms with Gasteiger partial charge < -0.3 is 10.6 Å². The average Bonchev–Trinajstić information content (AvgIpc) is 2.69. The fourth-order valence-corrected chi connectivity index (χ4v) is 3.60. The van der Waals surface area contributed by atoms with E-state index >= 15 is 0 Å². The summed E-state index contributed by atoms with van der Waals surface area (Å²) in [6.07, 6.45) is 4.30. The molecular formula is C20H26N4O3. The van der Waals surface area contributed by atoms with E-state index in [0.29, 0.717) is 36.8 Å². The highest BCUT2D eigenvalue weighted by molar-refractivity contribution is 6.05. The number of amides is 2. The first kappa shape index (κ1) is 19.1. The number of rotatable bonds is 6. The number of primary amides is 1. The lowest BCUT2D eigenvalue weighted by molar-refractivity contribution is -0.123. The Bertz CT molecular complexity index is 906. The number of hydrogen-bond donors (Lipinski definition) is 1. The Morgan fingerprint density at radius 1 is 1.22 bits per heavy atom. The zero-order valence-electron chi connectivity index (χ0n) is 15.7. The van der Waals surface area contributed by atoms with Crippen LogP contribution >= 0.6 is 0 Å². The zero-order chi connectivity index (χ0) is 19.4. The number of carbonyl (C=O) groups excluding carboxylic acids is 2. The topological polar surface area (TPSA) is 98.3 Å². The molecule has 0 saturated carbocycles. The maximum Gasteiger partial charge on any atom is 0.274 e. The van der Waals surface area contributed by atoms with E-state index in [9.17, 15) is 14.4 Å². The highest BCUT2D eigenvalue weighted by atomic mass is 16.2. The molecule has 3 rings (SSSR count). The average molecular weight is 370 g/mol. The van der Waals surface area contributed by atoms with Crippen LogP contribution in [0.25, 0.3) is 10.8 Å². The number of nitrogens with zero attached hydrogens (tertiary/aromatic N) is 3. The Labute approximate surface area is 158 Å². The SMILES string of the molecule is CCCCCn1nc(C(=O)N2CCC[C@@H](C(N)=O)C2)c2ccccc2c1=O. The third-order valence-corrected chi connectivity index (χ3v) is 5.15. The molecule has 7 nitrogen and oxygen atoms in total. The number of piperidine rings is 1. The number of aromatic nitrogens is 2. The molecule has 2 N–H and O–H groups in total. The molecule has 1 aliphatic rings. The molecule has 27 heavy (non-hydrogen) atoms. The van der Waals surface area contributed by atoms with Crippen molar-refractivity contribution in [2.45, 2.75) is 45.6 Å². The quantitative estimate of drug-likeness (QED) is 0.786. The monoisotopic (exact) mass is 370 g/mol. The van der Waals surface area contributed by atoms with Crippen molar-refractivity contribution >= 4 is 22.6 Å². The van der Waals surface area contributed by atoms with Crippen LogP contribution in [0.1, 0.15) is 49.5 Å². The number of nitrogens with two attached hydrogens (primary N) is 1. The van der Waals surface area contributed by atoms with E-state index in [-0.39, 0.29) is 29.0 Å². The van der Waals surface area contributed by atoms with Gasteiger partial charge in [0, 0.05) is 25.0 Å². The van der Waals surface area contributed by atoms with Crippen molar-refractivity contribution in [1.82, 2.24) is 14.7 Å². The van der Waals surface area contributed by atoms with E-state index in [2.05, 4.69) is 12.0 Å². The highest BCUT2D eigenvalue weighted by Gasteiger charge is 2.29. The number of fused-ring (bicyclic) bond motifs is 1. The van der Waals surface area contributed by atoms with Gasteiger partial charge in [-0.05, 0) is 25.3 Å². The minimum Gasteiger partial charge on any atom is -0.369 e. The Kier molecular flexibility index (Phi) is 5.88. The summed E-state index contributed by atoms with van der Waals surface area (Å²) in [4.78, 5) is 39.1. The maximum absolute atomic E-state index is 13.2. The van der Waals surface area contributed by atoms with Crippen LogP contribution < -0.4 is 11.3 Å². The molecule has 144 valence electrons. The minimum atomic E-state index is -0.380. The molecule has 0 unspecified atom stereocenters. The Balaban J connectivity index is 1.99. The van der Waals surface area contributed by atoms with Crippen LogP contribution in [0.15, 0.2) is 29.1 Å². The van der Waals surface area contributed by atoms with Crippen LogP contribution in [0.3, 0.4) is 0 Å². The minimum absolute atomic E-state index is 0.174. The zero-order valence-corrected chi connectivity index (χ0v) is 15.7. The highest BCUT2D eigenvalue weighted by Crippen LogP contribution is 2.21. The second kappa shape index (κ2) is 8.33. The van der Waals surface area contributed by atoms with E-state index in [1.807, 2.05) is 0 Å². The van der Waals surface area contributed by atoms with Crippen LogP contribution in [0, 0.1) is 5.92 Å². The summed E-state index contributed by atoms with van der Waals surface area (Å²) in [5, 5.41) is 5.47. The third kappa shape index (κ3) is 4.02. The van der Waals surface area contributed by atoms with E-state index in [1.165, 1.54) is 4.68 Å². The van der Waals surface area contributed by atoms with E-state index < -0.39 is 0 Å². The molecule has 1 fully saturated rings. The summed E-state index contributed by atoms with van der Waals surface area (Å²) < 4.78 is 1.40. The van der Waals surface area contributed by atoms with Gasteiger partial charge in [-0.25, -0.2) is 4.68 Å². The fourth-order valence-electron chi connectivity index (χ4n) is 3.60. The number of aryl methyl sites for hydroxylation is 1. The van der Waals surface area contributed by atoms with Gasteiger partial charge >= 0.3 is 0 Å². The van der Waals surface area contributed by atoms with Crippen LogP contribution in [0.2, 0.25) is 0 Å². The number of hydrogen-bond acceptors (Lipinski definition) is 4. The molecule has 0 aliphatic carbocycles. The van der Waals surface area contributed by atoms with E-state index in [1.54, 1.807) is 29.2 Å². The summed E-state index contributed by atoms with van der Waals surface area (Å²) in [5.74, 6) is -0.958. The van der Waals surface area contributed by atoms with Crippen molar-refractivity contribution in [3.63, 3.8) is 0 Å². The van der Waals surface area contributed by atoms with E-state index in [0.717, 1.165) is 25.7 Å². The molecule has 7 heteroatoms. The van der Waals surface area contributed by atoms with Gasteiger partial charge in [-0.2, -0.15) is 5.10 Å². The van der Waals surface area contributed by atoms with Gasteiger partial charge in [0.25, 0.3) is 11.5 Å². The number of benzene rings is 1. The van der Waals surface area contributed by atoms with Crippen molar-refractivity contribution in [3.05, 3.63) is 40.3 Å². The van der Waals surface area contributed by atoms with E-state index in [4.69, 9.17) is 5.73 Å². The van der Waals surface area contributed by atoms with Crippen molar-refractivity contribution in [1.29, 1.82) is 0 Å². The molecule has 1 aromatic carbocycles. The first-order valence-electron chi connectivity index (χ1n) is 9.61. The van der Waals surface area contributed by atoms with Gasteiger partial charge in [-0.15, -0.1) is 0 Å². The molecule has 1 aromatic heterocycles. The standard InChI is InChI=1S/C20H26N4O3/c1-2-3-6-12-24-19(26)16-10-5-4-9-15(16)17(22-24)20(27)23-11-7-8-14(13-23)18(21)25/h4-5,9-10,14H,2-3,6-8,11-13H2,1H3,(H2,21,25)/t14-/m1/s1. The van der Waals surface area contributed by atoms with Gasteiger partial charge in [-0.3, -0.25) is 14.4 Å². The van der Waals surface area contributed by atoms with Gasteiger partial charge in [0.15, 0.2) is 5.69 Å². The molecule has 1 atom stereocenters.